The second kappa shape index (κ2) is 14.5. The highest BCUT2D eigenvalue weighted by molar-refractivity contribution is 7.98. The monoisotopic (exact) mass is 482 g/mol. The maximum Gasteiger partial charge on any atom is 0.328 e. The van der Waals surface area contributed by atoms with Gasteiger partial charge in [-0.2, -0.15) is 11.8 Å². The smallest absolute Gasteiger partial charge is 0.328 e. The number of rotatable bonds is 14. The second-order valence-electron chi connectivity index (χ2n) is 7.95. The van der Waals surface area contributed by atoms with Crippen LogP contribution in [0.15, 0.2) is 30.3 Å². The molecule has 1 rings (SSSR count). The topological polar surface area (TPSA) is 171 Å². The quantitative estimate of drug-likeness (QED) is 0.206. The van der Waals surface area contributed by atoms with Crippen LogP contribution in [0.3, 0.4) is 0 Å². The summed E-state index contributed by atoms with van der Waals surface area (Å²) in [6, 6.07) is 4.92. The molecule has 7 N–H and O–H groups in total. The number of nitrogens with one attached hydrogen (secondary N) is 3. The van der Waals surface area contributed by atoms with Crippen molar-refractivity contribution in [1.29, 1.82) is 0 Å². The fraction of sp³-hybridized carbons (Fsp3) is 0.545. The van der Waals surface area contributed by atoms with Gasteiger partial charge in [-0.1, -0.05) is 44.2 Å². The molecule has 4 unspecified atom stereocenters. The summed E-state index contributed by atoms with van der Waals surface area (Å²) in [5.41, 5.74) is 6.91. The number of amides is 3. The molecule has 1 aromatic carbocycles. The molecule has 11 heteroatoms. The number of carboxylic acid groups (broad SMARTS) is 1. The van der Waals surface area contributed by atoms with Crippen molar-refractivity contribution in [1.82, 2.24) is 16.0 Å². The molecule has 1 aromatic rings. The molecule has 0 aliphatic carbocycles. The number of aliphatic carboxylic acids is 1. The van der Waals surface area contributed by atoms with Crippen LogP contribution in [0, 0.1) is 5.92 Å². The van der Waals surface area contributed by atoms with Gasteiger partial charge in [-0.25, -0.2) is 4.79 Å². The Kier molecular flexibility index (Phi) is 12.5. The molecule has 3 amide bonds. The highest BCUT2D eigenvalue weighted by Crippen LogP contribution is 2.08. The molecule has 0 aromatic heterocycles. The van der Waals surface area contributed by atoms with Crippen LogP contribution in [0.2, 0.25) is 0 Å². The highest BCUT2D eigenvalue weighted by atomic mass is 32.2. The van der Waals surface area contributed by atoms with Crippen LogP contribution < -0.4 is 21.7 Å². The minimum Gasteiger partial charge on any atom is -0.480 e. The fourth-order valence-electron chi connectivity index (χ4n) is 2.98. The van der Waals surface area contributed by atoms with Gasteiger partial charge >= 0.3 is 5.97 Å². The van der Waals surface area contributed by atoms with Crippen LogP contribution in [-0.4, -0.2) is 76.7 Å². The molecule has 0 aliphatic rings. The maximum atomic E-state index is 12.9. The van der Waals surface area contributed by atoms with E-state index in [1.165, 1.54) is 11.8 Å². The highest BCUT2D eigenvalue weighted by Gasteiger charge is 2.31. The first-order valence-electron chi connectivity index (χ1n) is 10.6. The number of benzene rings is 1. The lowest BCUT2D eigenvalue weighted by atomic mass is 10.0. The third kappa shape index (κ3) is 9.80. The predicted octanol–water partition coefficient (Wildman–Crippen LogP) is -0.503. The molecule has 0 radical (unpaired) electrons. The fourth-order valence-corrected chi connectivity index (χ4v) is 3.45. The Labute approximate surface area is 198 Å². The number of aliphatic hydroxyl groups excluding tert-OH is 1. The largest absolute Gasteiger partial charge is 0.480 e. The van der Waals surface area contributed by atoms with Crippen molar-refractivity contribution in [2.24, 2.45) is 11.7 Å². The Morgan fingerprint density at radius 1 is 0.970 bits per heavy atom. The zero-order valence-electron chi connectivity index (χ0n) is 19.1. The standard InChI is InChI=1S/C22H34N4O6S/c1-13(2)18(26-19(28)15(23)11-14-7-5-4-6-8-14)21(30)24-16(9-10-33-3)20(29)25-17(12-27)22(31)32/h4-8,13,15-18,27H,9-12,23H2,1-3H3,(H,24,30)(H,25,29)(H,26,28)(H,31,32). The Morgan fingerprint density at radius 3 is 2.09 bits per heavy atom. The van der Waals surface area contributed by atoms with Gasteiger partial charge in [0, 0.05) is 0 Å². The lowest BCUT2D eigenvalue weighted by Gasteiger charge is -2.26. The summed E-state index contributed by atoms with van der Waals surface area (Å²) in [6.45, 7) is 2.71. The van der Waals surface area contributed by atoms with Gasteiger partial charge in [0.05, 0.1) is 12.6 Å². The minimum atomic E-state index is -1.48. The molecule has 0 fully saturated rings. The Bertz CT molecular complexity index is 792. The summed E-state index contributed by atoms with van der Waals surface area (Å²) in [5, 5.41) is 25.7. The molecule has 0 heterocycles. The molecule has 0 saturated heterocycles. The van der Waals surface area contributed by atoms with Crippen LogP contribution in [0.1, 0.15) is 25.8 Å². The van der Waals surface area contributed by atoms with Crippen molar-refractivity contribution in [3.63, 3.8) is 0 Å². The van der Waals surface area contributed by atoms with Crippen LogP contribution in [-0.2, 0) is 25.6 Å². The molecule has 184 valence electrons. The van der Waals surface area contributed by atoms with E-state index in [0.29, 0.717) is 12.2 Å². The molecule has 33 heavy (non-hydrogen) atoms. The number of thioether (sulfide) groups is 1. The molecular formula is C22H34N4O6S. The molecule has 0 saturated carbocycles. The van der Waals surface area contributed by atoms with Gasteiger partial charge < -0.3 is 31.9 Å². The van der Waals surface area contributed by atoms with E-state index < -0.39 is 54.5 Å². The van der Waals surface area contributed by atoms with E-state index in [4.69, 9.17) is 15.9 Å². The first-order chi connectivity index (χ1) is 15.6. The van der Waals surface area contributed by atoms with Gasteiger partial charge in [-0.3, -0.25) is 14.4 Å². The molecule has 4 atom stereocenters. The average Bonchev–Trinajstić information content (AvgIpc) is 2.78. The number of hydrogen-bond acceptors (Lipinski definition) is 7. The van der Waals surface area contributed by atoms with E-state index >= 15 is 0 Å². The summed E-state index contributed by atoms with van der Waals surface area (Å²) in [4.78, 5) is 49.3. The van der Waals surface area contributed by atoms with Crippen molar-refractivity contribution in [3.8, 4) is 0 Å². The summed E-state index contributed by atoms with van der Waals surface area (Å²) in [5.74, 6) is -2.97. The molecule has 10 nitrogen and oxygen atoms in total. The zero-order valence-corrected chi connectivity index (χ0v) is 19.9. The van der Waals surface area contributed by atoms with Crippen LogP contribution in [0.25, 0.3) is 0 Å². The Hall–Kier alpha value is -2.63. The van der Waals surface area contributed by atoms with E-state index in [9.17, 15) is 19.2 Å². The molecule has 0 spiro atoms. The van der Waals surface area contributed by atoms with Gasteiger partial charge in [0.25, 0.3) is 0 Å². The third-order valence-corrected chi connectivity index (χ3v) is 5.57. The van der Waals surface area contributed by atoms with Gasteiger partial charge in [-0.05, 0) is 36.3 Å². The van der Waals surface area contributed by atoms with E-state index in [1.54, 1.807) is 13.8 Å². The summed E-state index contributed by atoms with van der Waals surface area (Å²) in [6.07, 6.45) is 2.37. The number of carbonyl (C=O) groups is 4. The first kappa shape index (κ1) is 28.4. The van der Waals surface area contributed by atoms with Crippen LogP contribution in [0.4, 0.5) is 0 Å². The van der Waals surface area contributed by atoms with Gasteiger partial charge in [-0.15, -0.1) is 0 Å². The Morgan fingerprint density at radius 2 is 1.58 bits per heavy atom. The lowest BCUT2D eigenvalue weighted by molar-refractivity contribution is -0.143. The SMILES string of the molecule is CSCCC(NC(=O)C(NC(=O)C(N)Cc1ccccc1)C(C)C)C(=O)NC(CO)C(=O)O. The molecule has 0 aliphatic heterocycles. The maximum absolute atomic E-state index is 12.9. The minimum absolute atomic E-state index is 0.239. The third-order valence-electron chi connectivity index (χ3n) is 4.92. The van der Waals surface area contributed by atoms with Crippen molar-refractivity contribution >= 4 is 35.5 Å². The van der Waals surface area contributed by atoms with Gasteiger partial charge in [0.15, 0.2) is 0 Å². The predicted molar refractivity (Wildman–Crippen MR) is 126 cm³/mol. The number of aliphatic hydroxyl groups is 1. The Balaban J connectivity index is 2.86. The van der Waals surface area contributed by atoms with Gasteiger partial charge in [0.1, 0.15) is 18.1 Å². The number of carboxylic acids is 1. The number of hydrogen-bond donors (Lipinski definition) is 6. The second-order valence-corrected chi connectivity index (χ2v) is 8.94. The van der Waals surface area contributed by atoms with Crippen molar-refractivity contribution in [3.05, 3.63) is 35.9 Å². The lowest BCUT2D eigenvalue weighted by Crippen LogP contribution is -2.59. The van der Waals surface area contributed by atoms with E-state index in [0.717, 1.165) is 5.56 Å². The number of carbonyl (C=O) groups excluding carboxylic acids is 3. The van der Waals surface area contributed by atoms with Crippen molar-refractivity contribution in [2.45, 2.75) is 50.9 Å². The average molecular weight is 483 g/mol. The van der Waals surface area contributed by atoms with Crippen molar-refractivity contribution in [2.75, 3.05) is 18.6 Å². The summed E-state index contributed by atoms with van der Waals surface area (Å²) < 4.78 is 0. The van der Waals surface area contributed by atoms with Crippen molar-refractivity contribution < 1.29 is 29.4 Å². The van der Waals surface area contributed by atoms with E-state index in [1.807, 2.05) is 36.6 Å². The first-order valence-corrected chi connectivity index (χ1v) is 12.0. The molecule has 0 bridgehead atoms. The summed E-state index contributed by atoms with van der Waals surface area (Å²) in [7, 11) is 0. The number of nitrogens with two attached hydrogens (primary N) is 1. The van der Waals surface area contributed by atoms with Crippen LogP contribution >= 0.6 is 11.8 Å². The van der Waals surface area contributed by atoms with E-state index in [-0.39, 0.29) is 12.3 Å². The van der Waals surface area contributed by atoms with E-state index in [2.05, 4.69) is 16.0 Å². The van der Waals surface area contributed by atoms with Crippen LogP contribution in [0.5, 0.6) is 0 Å². The summed E-state index contributed by atoms with van der Waals surface area (Å²) >= 11 is 1.45. The van der Waals surface area contributed by atoms with Gasteiger partial charge in [0.2, 0.25) is 17.7 Å². The zero-order chi connectivity index (χ0) is 25.0. The normalized spacial score (nSPS) is 14.6. The molecular weight excluding hydrogens is 448 g/mol.